The molecule has 0 aliphatic heterocycles. The summed E-state index contributed by atoms with van der Waals surface area (Å²) in [5.74, 6) is -2.00. The molecule has 5 nitrogen and oxygen atoms in total. The summed E-state index contributed by atoms with van der Waals surface area (Å²) in [6.07, 6.45) is 0. The summed E-state index contributed by atoms with van der Waals surface area (Å²) < 4.78 is 13.3. The lowest BCUT2D eigenvalue weighted by Crippen LogP contribution is -2.16. The highest BCUT2D eigenvalue weighted by atomic mass is 19.1. The Morgan fingerprint density at radius 3 is 2.33 bits per heavy atom. The van der Waals surface area contributed by atoms with Crippen molar-refractivity contribution in [2.75, 3.05) is 5.32 Å². The van der Waals surface area contributed by atoms with Crippen LogP contribution in [0.2, 0.25) is 0 Å². The van der Waals surface area contributed by atoms with Crippen LogP contribution >= 0.6 is 0 Å². The van der Waals surface area contributed by atoms with Crippen LogP contribution in [0.3, 0.4) is 0 Å². The van der Waals surface area contributed by atoms with E-state index in [4.69, 9.17) is 11.5 Å². The summed E-state index contributed by atoms with van der Waals surface area (Å²) in [6, 6.07) is 10.4. The van der Waals surface area contributed by atoms with E-state index in [0.717, 1.165) is 11.6 Å². The number of primary amides is 1. The van der Waals surface area contributed by atoms with Crippen molar-refractivity contribution in [1.82, 2.24) is 0 Å². The van der Waals surface area contributed by atoms with Crippen LogP contribution in [-0.4, -0.2) is 11.8 Å². The zero-order chi connectivity index (χ0) is 15.4. The van der Waals surface area contributed by atoms with Gasteiger partial charge in [-0.25, -0.2) is 4.39 Å². The molecule has 6 heteroatoms. The Balaban J connectivity index is 2.19. The van der Waals surface area contributed by atoms with Gasteiger partial charge in [0.2, 0.25) is 0 Å². The highest BCUT2D eigenvalue weighted by Gasteiger charge is 2.11. The number of hydrogen-bond acceptors (Lipinski definition) is 3. The molecule has 0 saturated carbocycles. The van der Waals surface area contributed by atoms with Gasteiger partial charge in [-0.15, -0.1) is 0 Å². The summed E-state index contributed by atoms with van der Waals surface area (Å²) in [6.45, 7) is 0.391. The van der Waals surface area contributed by atoms with Gasteiger partial charge in [0.05, 0.1) is 5.56 Å². The highest BCUT2D eigenvalue weighted by molar-refractivity contribution is 6.05. The van der Waals surface area contributed by atoms with Gasteiger partial charge >= 0.3 is 0 Å². The van der Waals surface area contributed by atoms with Crippen molar-refractivity contribution in [3.63, 3.8) is 0 Å². The average molecular weight is 287 g/mol. The Hall–Kier alpha value is -2.73. The molecule has 0 bridgehead atoms. The molecule has 108 valence electrons. The van der Waals surface area contributed by atoms with Crippen LogP contribution in [0, 0.1) is 5.82 Å². The van der Waals surface area contributed by atoms with Crippen molar-refractivity contribution in [1.29, 1.82) is 0 Å². The molecule has 0 aliphatic rings. The molecule has 0 fully saturated rings. The van der Waals surface area contributed by atoms with E-state index in [1.165, 1.54) is 12.1 Å². The first-order valence-electron chi connectivity index (χ1n) is 6.21. The molecule has 2 amide bonds. The fourth-order valence-electron chi connectivity index (χ4n) is 1.79. The van der Waals surface area contributed by atoms with E-state index in [-0.39, 0.29) is 17.2 Å². The van der Waals surface area contributed by atoms with E-state index in [0.29, 0.717) is 12.1 Å². The van der Waals surface area contributed by atoms with Gasteiger partial charge in [-0.1, -0.05) is 12.1 Å². The molecule has 0 atom stereocenters. The van der Waals surface area contributed by atoms with Crippen LogP contribution in [0.1, 0.15) is 26.3 Å². The lowest BCUT2D eigenvalue weighted by Gasteiger charge is -2.07. The molecule has 0 aromatic heterocycles. The maximum Gasteiger partial charge on any atom is 0.255 e. The van der Waals surface area contributed by atoms with Gasteiger partial charge in [0, 0.05) is 17.8 Å². The van der Waals surface area contributed by atoms with Crippen molar-refractivity contribution in [3.8, 4) is 0 Å². The molecule has 0 heterocycles. The second kappa shape index (κ2) is 6.15. The number of rotatable bonds is 4. The van der Waals surface area contributed by atoms with Crippen LogP contribution in [-0.2, 0) is 6.54 Å². The Morgan fingerprint density at radius 2 is 1.76 bits per heavy atom. The molecule has 2 aromatic carbocycles. The smallest absolute Gasteiger partial charge is 0.255 e. The summed E-state index contributed by atoms with van der Waals surface area (Å²) in [5, 5.41) is 2.57. The summed E-state index contributed by atoms with van der Waals surface area (Å²) >= 11 is 0. The fraction of sp³-hybridized carbons (Fsp3) is 0.0667. The Kier molecular flexibility index (Phi) is 4.30. The number of benzene rings is 2. The third-order valence-corrected chi connectivity index (χ3v) is 2.94. The second-order valence-corrected chi connectivity index (χ2v) is 4.41. The van der Waals surface area contributed by atoms with Gasteiger partial charge in [-0.3, -0.25) is 9.59 Å². The number of halogens is 1. The number of amides is 2. The topological polar surface area (TPSA) is 98.2 Å². The zero-order valence-corrected chi connectivity index (χ0v) is 11.1. The third-order valence-electron chi connectivity index (χ3n) is 2.94. The Bertz CT molecular complexity index is 684. The number of nitrogens with two attached hydrogens (primary N) is 2. The number of anilines is 1. The van der Waals surface area contributed by atoms with Crippen LogP contribution in [0.15, 0.2) is 42.5 Å². The zero-order valence-electron chi connectivity index (χ0n) is 11.1. The lowest BCUT2D eigenvalue weighted by molar-refractivity contribution is 0.0992. The minimum absolute atomic E-state index is 0.272. The Labute approximate surface area is 120 Å². The van der Waals surface area contributed by atoms with E-state index in [2.05, 4.69) is 5.32 Å². The number of carbonyl (C=O) groups excluding carboxylic acids is 2. The number of carbonyl (C=O) groups is 2. The van der Waals surface area contributed by atoms with Crippen molar-refractivity contribution in [3.05, 3.63) is 65.0 Å². The van der Waals surface area contributed by atoms with Crippen molar-refractivity contribution < 1.29 is 14.0 Å². The molecule has 0 unspecified atom stereocenters. The number of hydrogen-bond donors (Lipinski definition) is 3. The monoisotopic (exact) mass is 287 g/mol. The van der Waals surface area contributed by atoms with E-state index < -0.39 is 11.7 Å². The predicted molar refractivity (Wildman–Crippen MR) is 77.2 cm³/mol. The first-order valence-corrected chi connectivity index (χ1v) is 6.21. The number of nitrogens with one attached hydrogen (secondary N) is 1. The SMILES string of the molecule is NCc1ccc(C(=O)Nc2ccc(F)c(C(N)=O)c2)cc1. The van der Waals surface area contributed by atoms with Gasteiger partial charge in [-0.05, 0) is 35.9 Å². The van der Waals surface area contributed by atoms with E-state index >= 15 is 0 Å². The molecule has 0 radical (unpaired) electrons. The molecular weight excluding hydrogens is 273 g/mol. The van der Waals surface area contributed by atoms with Crippen LogP contribution < -0.4 is 16.8 Å². The largest absolute Gasteiger partial charge is 0.366 e. The van der Waals surface area contributed by atoms with Gasteiger partial charge in [0.15, 0.2) is 0 Å². The molecule has 2 rings (SSSR count). The maximum absolute atomic E-state index is 13.3. The molecule has 21 heavy (non-hydrogen) atoms. The van der Waals surface area contributed by atoms with Gasteiger partial charge in [0.25, 0.3) is 11.8 Å². The minimum Gasteiger partial charge on any atom is -0.366 e. The molecule has 0 aliphatic carbocycles. The Morgan fingerprint density at radius 1 is 1.10 bits per heavy atom. The maximum atomic E-state index is 13.3. The van der Waals surface area contributed by atoms with Crippen LogP contribution in [0.25, 0.3) is 0 Å². The fourth-order valence-corrected chi connectivity index (χ4v) is 1.79. The molecule has 0 saturated heterocycles. The van der Waals surface area contributed by atoms with Crippen molar-refractivity contribution >= 4 is 17.5 Å². The summed E-state index contributed by atoms with van der Waals surface area (Å²) in [7, 11) is 0. The molecule has 2 aromatic rings. The first kappa shape index (κ1) is 14.7. The molecular formula is C15H14FN3O2. The second-order valence-electron chi connectivity index (χ2n) is 4.41. The minimum atomic E-state index is -0.893. The highest BCUT2D eigenvalue weighted by Crippen LogP contribution is 2.15. The van der Waals surface area contributed by atoms with E-state index in [9.17, 15) is 14.0 Å². The predicted octanol–water partition coefficient (Wildman–Crippen LogP) is 1.64. The summed E-state index contributed by atoms with van der Waals surface area (Å²) in [5.41, 5.74) is 11.9. The van der Waals surface area contributed by atoms with Crippen molar-refractivity contribution in [2.24, 2.45) is 11.5 Å². The van der Waals surface area contributed by atoms with Crippen LogP contribution in [0.4, 0.5) is 10.1 Å². The quantitative estimate of drug-likeness (QED) is 0.797. The van der Waals surface area contributed by atoms with Crippen molar-refractivity contribution in [2.45, 2.75) is 6.54 Å². The first-order chi connectivity index (χ1) is 10.0. The normalized spacial score (nSPS) is 10.2. The third kappa shape index (κ3) is 3.43. The van der Waals surface area contributed by atoms with Gasteiger partial charge < -0.3 is 16.8 Å². The molecule has 5 N–H and O–H groups in total. The molecule has 0 spiro atoms. The standard InChI is InChI=1S/C15H14FN3O2/c16-13-6-5-11(7-12(13)14(18)20)19-15(21)10-3-1-9(8-17)2-4-10/h1-7H,8,17H2,(H2,18,20)(H,19,21). The lowest BCUT2D eigenvalue weighted by atomic mass is 10.1. The average Bonchev–Trinajstić information content (AvgIpc) is 2.49. The van der Waals surface area contributed by atoms with Gasteiger partial charge in [0.1, 0.15) is 5.82 Å². The van der Waals surface area contributed by atoms with E-state index in [1.807, 2.05) is 0 Å². The summed E-state index contributed by atoms with van der Waals surface area (Å²) in [4.78, 5) is 23.1. The van der Waals surface area contributed by atoms with E-state index in [1.54, 1.807) is 24.3 Å². The van der Waals surface area contributed by atoms with Gasteiger partial charge in [-0.2, -0.15) is 0 Å². The van der Waals surface area contributed by atoms with Crippen LogP contribution in [0.5, 0.6) is 0 Å².